The van der Waals surface area contributed by atoms with E-state index in [9.17, 15) is 13.2 Å². The van der Waals surface area contributed by atoms with Gasteiger partial charge in [0.25, 0.3) is 0 Å². The van der Waals surface area contributed by atoms with Crippen molar-refractivity contribution in [2.45, 2.75) is 0 Å². The van der Waals surface area contributed by atoms with Gasteiger partial charge in [0.15, 0.2) is 17.5 Å². The molecule has 0 amide bonds. The maximum absolute atomic E-state index is 14.0. The first-order chi connectivity index (χ1) is 8.54. The van der Waals surface area contributed by atoms with Crippen LogP contribution >= 0.6 is 0 Å². The van der Waals surface area contributed by atoms with Crippen molar-refractivity contribution in [1.29, 1.82) is 0 Å². The van der Waals surface area contributed by atoms with Gasteiger partial charge in [0.05, 0.1) is 0 Å². The van der Waals surface area contributed by atoms with Crippen LogP contribution in [0, 0.1) is 17.5 Å². The zero-order chi connectivity index (χ0) is 13.3. The highest BCUT2D eigenvalue weighted by Gasteiger charge is 2.18. The minimum absolute atomic E-state index is 0.00980. The smallest absolute Gasteiger partial charge is 0.184 e. The Hall–Kier alpha value is -2.17. The van der Waals surface area contributed by atoms with Gasteiger partial charge >= 0.3 is 0 Å². The van der Waals surface area contributed by atoms with Crippen molar-refractivity contribution in [2.75, 3.05) is 12.4 Å². The van der Waals surface area contributed by atoms with Crippen molar-refractivity contribution < 1.29 is 18.3 Å². The number of hydrogen-bond donors (Lipinski definition) is 2. The molecule has 0 fully saturated rings. The summed E-state index contributed by atoms with van der Waals surface area (Å²) in [5.41, 5.74) is -0.239. The molecule has 0 radical (unpaired) electrons. The van der Waals surface area contributed by atoms with E-state index in [0.29, 0.717) is 5.56 Å². The predicted molar refractivity (Wildman–Crippen MR) is 63.0 cm³/mol. The number of anilines is 1. The van der Waals surface area contributed by atoms with Crippen molar-refractivity contribution in [3.05, 3.63) is 47.8 Å². The fraction of sp³-hybridized carbons (Fsp3) is 0.0769. The van der Waals surface area contributed by atoms with Crippen LogP contribution in [0.2, 0.25) is 0 Å². The molecule has 2 aromatic carbocycles. The Morgan fingerprint density at radius 1 is 1.00 bits per heavy atom. The Morgan fingerprint density at radius 3 is 2.17 bits per heavy atom. The van der Waals surface area contributed by atoms with E-state index < -0.39 is 23.1 Å². The average Bonchev–Trinajstić information content (AvgIpc) is 2.36. The number of halogens is 3. The number of aromatic hydroxyl groups is 1. The van der Waals surface area contributed by atoms with Crippen LogP contribution in [-0.4, -0.2) is 12.2 Å². The van der Waals surface area contributed by atoms with Crippen molar-refractivity contribution in [1.82, 2.24) is 0 Å². The van der Waals surface area contributed by atoms with Gasteiger partial charge in [-0.2, -0.15) is 0 Å². The van der Waals surface area contributed by atoms with Crippen LogP contribution in [0.3, 0.4) is 0 Å². The second kappa shape index (κ2) is 4.60. The van der Waals surface area contributed by atoms with Crippen molar-refractivity contribution >= 4 is 5.69 Å². The number of nitrogens with one attached hydrogen (secondary N) is 1. The number of phenolic OH excluding ortho intramolecular Hbond substituents is 1. The molecular formula is C13H10F3NO. The van der Waals surface area contributed by atoms with Gasteiger partial charge in [0.2, 0.25) is 0 Å². The standard InChI is InChI=1S/C13H10F3NO/c1-17-13-11(15)9(6-10(14)12(13)16)7-2-4-8(18)5-3-7/h2-6,17-18H,1H3. The predicted octanol–water partition coefficient (Wildman–Crippen LogP) is 3.52. The molecule has 0 aromatic heterocycles. The molecule has 0 aliphatic rings. The fourth-order valence-electron chi connectivity index (χ4n) is 1.67. The van der Waals surface area contributed by atoms with E-state index in [2.05, 4.69) is 5.32 Å². The summed E-state index contributed by atoms with van der Waals surface area (Å²) >= 11 is 0. The second-order valence-corrected chi connectivity index (χ2v) is 3.71. The molecule has 0 spiro atoms. The number of hydrogen-bond acceptors (Lipinski definition) is 2. The van der Waals surface area contributed by atoms with E-state index in [1.54, 1.807) is 0 Å². The summed E-state index contributed by atoms with van der Waals surface area (Å²) in [6.45, 7) is 0. The molecule has 0 aliphatic carbocycles. The number of benzene rings is 2. The molecule has 0 heterocycles. The van der Waals surface area contributed by atoms with Crippen molar-refractivity contribution in [3.63, 3.8) is 0 Å². The number of rotatable bonds is 2. The average molecular weight is 253 g/mol. The molecular weight excluding hydrogens is 243 g/mol. The molecule has 5 heteroatoms. The first-order valence-corrected chi connectivity index (χ1v) is 5.19. The third-order valence-electron chi connectivity index (χ3n) is 2.58. The lowest BCUT2D eigenvalue weighted by atomic mass is 10.0. The Morgan fingerprint density at radius 2 is 1.61 bits per heavy atom. The summed E-state index contributed by atoms with van der Waals surface area (Å²) in [7, 11) is 1.31. The molecule has 2 rings (SSSR count). The summed E-state index contributed by atoms with van der Waals surface area (Å²) in [5.74, 6) is -3.25. The van der Waals surface area contributed by atoms with Crippen LogP contribution in [0.4, 0.5) is 18.9 Å². The van der Waals surface area contributed by atoms with Crippen molar-refractivity contribution in [2.24, 2.45) is 0 Å². The van der Waals surface area contributed by atoms with Gasteiger partial charge in [-0.05, 0) is 23.8 Å². The van der Waals surface area contributed by atoms with Gasteiger partial charge in [-0.15, -0.1) is 0 Å². The molecule has 2 nitrogen and oxygen atoms in total. The molecule has 0 bridgehead atoms. The zero-order valence-electron chi connectivity index (χ0n) is 9.47. The first kappa shape index (κ1) is 12.3. The van der Waals surface area contributed by atoms with Crippen molar-refractivity contribution in [3.8, 4) is 16.9 Å². The van der Waals surface area contributed by atoms with E-state index in [1.807, 2.05) is 0 Å². The highest BCUT2D eigenvalue weighted by atomic mass is 19.2. The SMILES string of the molecule is CNc1c(F)c(F)cc(-c2ccc(O)cc2)c1F. The van der Waals surface area contributed by atoms with Gasteiger partial charge in [-0.3, -0.25) is 0 Å². The highest BCUT2D eigenvalue weighted by molar-refractivity contribution is 5.70. The molecule has 0 saturated carbocycles. The van der Waals surface area contributed by atoms with Crippen LogP contribution in [0.25, 0.3) is 11.1 Å². The molecule has 0 unspecified atom stereocenters. The Bertz CT molecular complexity index is 582. The lowest BCUT2D eigenvalue weighted by Gasteiger charge is -2.10. The minimum Gasteiger partial charge on any atom is -0.508 e. The second-order valence-electron chi connectivity index (χ2n) is 3.71. The molecule has 0 atom stereocenters. The summed E-state index contributed by atoms with van der Waals surface area (Å²) in [6, 6.07) is 6.32. The van der Waals surface area contributed by atoms with Crippen LogP contribution in [0.15, 0.2) is 30.3 Å². The van der Waals surface area contributed by atoms with Crippen LogP contribution in [0.5, 0.6) is 5.75 Å². The van der Waals surface area contributed by atoms with E-state index in [1.165, 1.54) is 31.3 Å². The van der Waals surface area contributed by atoms with Crippen LogP contribution in [0.1, 0.15) is 0 Å². The van der Waals surface area contributed by atoms with Gasteiger partial charge < -0.3 is 10.4 Å². The highest BCUT2D eigenvalue weighted by Crippen LogP contribution is 2.32. The summed E-state index contributed by atoms with van der Waals surface area (Å²) in [4.78, 5) is 0. The van der Waals surface area contributed by atoms with E-state index in [0.717, 1.165) is 6.07 Å². The topological polar surface area (TPSA) is 32.3 Å². The molecule has 2 aromatic rings. The van der Waals surface area contributed by atoms with Gasteiger partial charge in [0.1, 0.15) is 11.4 Å². The van der Waals surface area contributed by atoms with Gasteiger partial charge in [-0.1, -0.05) is 12.1 Å². The lowest BCUT2D eigenvalue weighted by molar-refractivity contribution is 0.475. The normalized spacial score (nSPS) is 10.4. The van der Waals surface area contributed by atoms with Crippen LogP contribution in [-0.2, 0) is 0 Å². The van der Waals surface area contributed by atoms with E-state index >= 15 is 0 Å². The zero-order valence-corrected chi connectivity index (χ0v) is 9.47. The van der Waals surface area contributed by atoms with Gasteiger partial charge in [0, 0.05) is 12.6 Å². The molecule has 0 aliphatic heterocycles. The van der Waals surface area contributed by atoms with E-state index in [-0.39, 0.29) is 11.3 Å². The maximum Gasteiger partial charge on any atom is 0.184 e. The third-order valence-corrected chi connectivity index (χ3v) is 2.58. The molecule has 94 valence electrons. The largest absolute Gasteiger partial charge is 0.508 e. The summed E-state index contributed by atoms with van der Waals surface area (Å²) in [5, 5.41) is 11.4. The Kier molecular flexibility index (Phi) is 3.14. The number of phenols is 1. The molecule has 18 heavy (non-hydrogen) atoms. The van der Waals surface area contributed by atoms with Crippen LogP contribution < -0.4 is 5.32 Å². The third kappa shape index (κ3) is 1.99. The van der Waals surface area contributed by atoms with E-state index in [4.69, 9.17) is 5.11 Å². The quantitative estimate of drug-likeness (QED) is 0.802. The summed E-state index contributed by atoms with van der Waals surface area (Å²) in [6.07, 6.45) is 0. The first-order valence-electron chi connectivity index (χ1n) is 5.19. The molecule has 0 saturated heterocycles. The monoisotopic (exact) mass is 253 g/mol. The van der Waals surface area contributed by atoms with Gasteiger partial charge in [-0.25, -0.2) is 13.2 Å². The molecule has 2 N–H and O–H groups in total. The fourth-order valence-corrected chi connectivity index (χ4v) is 1.67. The summed E-state index contributed by atoms with van der Waals surface area (Å²) < 4.78 is 40.6. The minimum atomic E-state index is -1.25. The Balaban J connectivity index is 2.65. The maximum atomic E-state index is 14.0. The Labute approximate surface area is 102 Å². The lowest BCUT2D eigenvalue weighted by Crippen LogP contribution is -2.01.